The summed E-state index contributed by atoms with van der Waals surface area (Å²) in [6.07, 6.45) is 0. The fraction of sp³-hybridized carbons (Fsp3) is 0.143. The Morgan fingerprint density at radius 3 is 2.22 bits per heavy atom. The zero-order valence-corrected chi connectivity index (χ0v) is 6.60. The van der Waals surface area contributed by atoms with Gasteiger partial charge in [0.05, 0.1) is 0 Å². The molecule has 0 aliphatic rings. The quantitative estimate of drug-likeness (QED) is 0.591. The molecule has 0 aromatic heterocycles. The summed E-state index contributed by atoms with van der Waals surface area (Å²) >= 11 is 2.20. The minimum absolute atomic E-state index is 1.01. The summed E-state index contributed by atoms with van der Waals surface area (Å²) in [7, 11) is 0. The number of nitrogens with zero attached hydrogens (tertiary/aromatic N) is 1. The van der Waals surface area contributed by atoms with Crippen molar-refractivity contribution < 1.29 is 17.2 Å². The van der Waals surface area contributed by atoms with Gasteiger partial charge in [0, 0.05) is 0 Å². The van der Waals surface area contributed by atoms with Crippen LogP contribution < -0.4 is 0 Å². The van der Waals surface area contributed by atoms with Gasteiger partial charge in [0.25, 0.3) is 0 Å². The molecule has 0 bridgehead atoms. The van der Waals surface area contributed by atoms with Gasteiger partial charge in [-0.1, -0.05) is 0 Å². The molecule has 0 unspecified atom stereocenters. The standard InChI is InChI=1S/C7H7N.V/c1-6-2-4-7(8)5-3-6;/h2-5H,1H3;. The van der Waals surface area contributed by atoms with Crippen LogP contribution in [0.4, 0.5) is 5.69 Å². The molecule has 0 radical (unpaired) electrons. The van der Waals surface area contributed by atoms with Crippen molar-refractivity contribution in [1.82, 2.24) is 0 Å². The van der Waals surface area contributed by atoms with E-state index in [0.717, 1.165) is 5.69 Å². The Balaban J connectivity index is 3.01. The second-order valence-corrected chi connectivity index (χ2v) is 2.25. The van der Waals surface area contributed by atoms with Crippen LogP contribution >= 0.6 is 0 Å². The molecule has 1 aromatic carbocycles. The number of hydrogen-bond donors (Lipinski definition) is 0. The van der Waals surface area contributed by atoms with Crippen molar-refractivity contribution in [2.75, 3.05) is 0 Å². The predicted octanol–water partition coefficient (Wildman–Crippen LogP) is 2.36. The molecule has 0 spiro atoms. The molecule has 0 amide bonds. The molecule has 0 saturated heterocycles. The molecule has 0 heterocycles. The molecular weight excluding hydrogens is 149 g/mol. The van der Waals surface area contributed by atoms with Gasteiger partial charge in [-0.15, -0.1) is 0 Å². The van der Waals surface area contributed by atoms with E-state index in [1.54, 1.807) is 0 Å². The van der Waals surface area contributed by atoms with Crippen LogP contribution in [-0.2, 0) is 17.2 Å². The zero-order chi connectivity index (χ0) is 6.69. The van der Waals surface area contributed by atoms with Crippen LogP contribution in [0.2, 0.25) is 0 Å². The normalized spacial score (nSPS) is 8.89. The molecule has 45 valence electrons. The van der Waals surface area contributed by atoms with E-state index in [1.165, 1.54) is 5.56 Å². The summed E-state index contributed by atoms with van der Waals surface area (Å²) in [6.45, 7) is 2.06. The topological polar surface area (TPSA) is 12.4 Å². The second kappa shape index (κ2) is 2.95. The Morgan fingerprint density at radius 1 is 1.22 bits per heavy atom. The van der Waals surface area contributed by atoms with Crippen LogP contribution in [-0.4, -0.2) is 0 Å². The molecule has 1 rings (SSSR count). The average Bonchev–Trinajstić information content (AvgIpc) is 1.90. The van der Waals surface area contributed by atoms with Crippen LogP contribution in [0.15, 0.2) is 28.1 Å². The first kappa shape index (κ1) is 6.72. The molecule has 0 saturated carbocycles. The van der Waals surface area contributed by atoms with Gasteiger partial charge in [-0.2, -0.15) is 0 Å². The number of hydrogen-bond acceptors (Lipinski definition) is 1. The van der Waals surface area contributed by atoms with Crippen LogP contribution in [0.5, 0.6) is 0 Å². The minimum atomic E-state index is 1.01. The van der Waals surface area contributed by atoms with Crippen molar-refractivity contribution in [2.24, 2.45) is 3.79 Å². The van der Waals surface area contributed by atoms with Crippen LogP contribution in [0.25, 0.3) is 0 Å². The SMILES string of the molecule is Cc1ccc([N]=[V])cc1. The first-order valence-electron chi connectivity index (χ1n) is 2.74. The van der Waals surface area contributed by atoms with Gasteiger partial charge in [-0.3, -0.25) is 0 Å². The summed E-state index contributed by atoms with van der Waals surface area (Å²) in [6, 6.07) is 8.08. The van der Waals surface area contributed by atoms with E-state index in [1.807, 2.05) is 24.3 Å². The number of aryl methyl sites for hydroxylation is 1. The summed E-state index contributed by atoms with van der Waals surface area (Å²) in [5.74, 6) is 0. The predicted molar refractivity (Wildman–Crippen MR) is 33.3 cm³/mol. The van der Waals surface area contributed by atoms with Crippen molar-refractivity contribution >= 4 is 5.69 Å². The third-order valence-electron chi connectivity index (χ3n) is 1.15. The van der Waals surface area contributed by atoms with E-state index < -0.39 is 0 Å². The summed E-state index contributed by atoms with van der Waals surface area (Å²) in [5.41, 5.74) is 2.29. The van der Waals surface area contributed by atoms with Crippen molar-refractivity contribution in [3.63, 3.8) is 0 Å². The molecule has 2 heteroatoms. The molecular formula is C7H7NV. The van der Waals surface area contributed by atoms with Crippen molar-refractivity contribution in [3.8, 4) is 0 Å². The first-order valence-corrected chi connectivity index (χ1v) is 3.37. The van der Waals surface area contributed by atoms with E-state index in [4.69, 9.17) is 0 Å². The second-order valence-electron chi connectivity index (χ2n) is 1.94. The third-order valence-corrected chi connectivity index (χ3v) is 1.51. The molecule has 0 N–H and O–H groups in total. The Morgan fingerprint density at radius 2 is 1.78 bits per heavy atom. The van der Waals surface area contributed by atoms with Crippen molar-refractivity contribution in [2.45, 2.75) is 6.92 Å². The first-order chi connectivity index (χ1) is 4.33. The monoisotopic (exact) mass is 156 g/mol. The van der Waals surface area contributed by atoms with E-state index >= 15 is 0 Å². The molecule has 0 aliphatic carbocycles. The van der Waals surface area contributed by atoms with E-state index in [2.05, 4.69) is 27.9 Å². The van der Waals surface area contributed by atoms with Crippen molar-refractivity contribution in [3.05, 3.63) is 29.8 Å². The van der Waals surface area contributed by atoms with Crippen molar-refractivity contribution in [1.29, 1.82) is 0 Å². The number of benzene rings is 1. The van der Waals surface area contributed by atoms with Crippen LogP contribution in [0.1, 0.15) is 5.56 Å². The molecule has 0 fully saturated rings. The molecule has 0 aliphatic heterocycles. The van der Waals surface area contributed by atoms with Gasteiger partial charge in [-0.25, -0.2) is 0 Å². The fourth-order valence-electron chi connectivity index (χ4n) is 0.611. The zero-order valence-electron chi connectivity index (χ0n) is 5.20. The molecule has 9 heavy (non-hydrogen) atoms. The van der Waals surface area contributed by atoms with Gasteiger partial charge in [0.2, 0.25) is 0 Å². The van der Waals surface area contributed by atoms with E-state index in [0.29, 0.717) is 0 Å². The average molecular weight is 156 g/mol. The van der Waals surface area contributed by atoms with Crippen LogP contribution in [0, 0.1) is 6.92 Å². The Bertz CT molecular complexity index is 203. The molecule has 0 atom stereocenters. The van der Waals surface area contributed by atoms with Gasteiger partial charge < -0.3 is 0 Å². The van der Waals surface area contributed by atoms with Gasteiger partial charge >= 0.3 is 63.5 Å². The number of rotatable bonds is 1. The Labute approximate surface area is 63.9 Å². The Hall–Kier alpha value is -0.396. The van der Waals surface area contributed by atoms with E-state index in [-0.39, 0.29) is 0 Å². The van der Waals surface area contributed by atoms with Gasteiger partial charge in [0.15, 0.2) is 0 Å². The van der Waals surface area contributed by atoms with Gasteiger partial charge in [0.1, 0.15) is 0 Å². The van der Waals surface area contributed by atoms with Gasteiger partial charge in [-0.05, 0) is 0 Å². The summed E-state index contributed by atoms with van der Waals surface area (Å²) < 4.78 is 3.95. The van der Waals surface area contributed by atoms with E-state index in [9.17, 15) is 0 Å². The molecule has 1 nitrogen and oxygen atoms in total. The maximum absolute atomic E-state index is 3.95. The summed E-state index contributed by atoms with van der Waals surface area (Å²) in [4.78, 5) is 0. The summed E-state index contributed by atoms with van der Waals surface area (Å²) in [5, 5.41) is 0. The fourth-order valence-corrected chi connectivity index (χ4v) is 0.820. The third kappa shape index (κ3) is 1.77. The Kier molecular flexibility index (Phi) is 2.20. The van der Waals surface area contributed by atoms with Crippen LogP contribution in [0.3, 0.4) is 0 Å². The molecule has 1 aromatic rings. The maximum atomic E-state index is 3.95.